The van der Waals surface area contributed by atoms with Gasteiger partial charge < -0.3 is 9.64 Å². The van der Waals surface area contributed by atoms with Crippen LogP contribution in [0.15, 0.2) is 71.6 Å². The van der Waals surface area contributed by atoms with Crippen LogP contribution < -0.4 is 5.32 Å². The Hall–Kier alpha value is -3.43. The van der Waals surface area contributed by atoms with Crippen LogP contribution in [-0.2, 0) is 14.8 Å². The molecular weight excluding hydrogens is 442 g/mol. The van der Waals surface area contributed by atoms with Crippen LogP contribution in [0.1, 0.15) is 17.3 Å². The predicted molar refractivity (Wildman–Crippen MR) is 126 cm³/mol. The highest BCUT2D eigenvalue weighted by molar-refractivity contribution is 7.89. The molecule has 172 valence electrons. The summed E-state index contributed by atoms with van der Waals surface area (Å²) < 4.78 is 32.5. The van der Waals surface area contributed by atoms with Crippen molar-refractivity contribution in [2.75, 3.05) is 38.1 Å². The summed E-state index contributed by atoms with van der Waals surface area (Å²) in [5.41, 5.74) is 0.992. The van der Waals surface area contributed by atoms with Crippen molar-refractivity contribution in [1.29, 1.82) is 0 Å². The summed E-state index contributed by atoms with van der Waals surface area (Å²) in [6, 6.07) is 19.3. The highest BCUT2D eigenvalue weighted by Crippen LogP contribution is 2.23. The molecule has 0 atom stereocenters. The molecule has 1 aliphatic heterocycles. The number of benzene rings is 3. The van der Waals surface area contributed by atoms with Gasteiger partial charge in [-0.15, -0.1) is 0 Å². The number of fused-ring (bicyclic) bond motifs is 1. The Kier molecular flexibility index (Phi) is 6.62. The number of sulfonamides is 1. The number of carbonyl (C=O) groups is 2. The lowest BCUT2D eigenvalue weighted by Crippen LogP contribution is -2.50. The minimum Gasteiger partial charge on any atom is -0.450 e. The number of piperazine rings is 1. The normalized spacial score (nSPS) is 14.8. The highest BCUT2D eigenvalue weighted by Gasteiger charge is 2.30. The molecule has 3 aromatic carbocycles. The summed E-state index contributed by atoms with van der Waals surface area (Å²) in [5, 5.41) is 4.43. The fourth-order valence-electron chi connectivity index (χ4n) is 3.77. The lowest BCUT2D eigenvalue weighted by molar-refractivity contribution is 0.0698. The number of hydrogen-bond donors (Lipinski definition) is 1. The van der Waals surface area contributed by atoms with Gasteiger partial charge in [0.05, 0.1) is 11.5 Å². The Morgan fingerprint density at radius 1 is 0.909 bits per heavy atom. The van der Waals surface area contributed by atoms with E-state index in [-0.39, 0.29) is 30.5 Å². The van der Waals surface area contributed by atoms with Crippen LogP contribution in [-0.4, -0.2) is 62.4 Å². The number of nitrogens with zero attached hydrogens (tertiary/aromatic N) is 2. The van der Waals surface area contributed by atoms with E-state index in [1.807, 2.05) is 30.3 Å². The smallest absolute Gasteiger partial charge is 0.411 e. The van der Waals surface area contributed by atoms with Crippen molar-refractivity contribution in [3.05, 3.63) is 72.3 Å². The third-order valence-electron chi connectivity index (χ3n) is 5.54. The number of ether oxygens (including phenoxy) is 1. The van der Waals surface area contributed by atoms with E-state index in [1.165, 1.54) is 4.31 Å². The Balaban J connectivity index is 1.39. The third kappa shape index (κ3) is 4.99. The van der Waals surface area contributed by atoms with E-state index >= 15 is 0 Å². The molecule has 0 spiro atoms. The number of anilines is 1. The Labute approximate surface area is 192 Å². The standard InChI is InChI=1S/C24H25N3O5S/c1-2-32-24(29)25-21-10-7-19(8-11-21)23(28)26-13-15-27(16-14-26)33(30,31)22-12-9-18-5-3-4-6-20(18)17-22/h3-12,17H,2,13-16H2,1H3,(H,25,29). The molecule has 3 aromatic rings. The van der Waals surface area contributed by atoms with E-state index in [0.717, 1.165) is 10.8 Å². The zero-order valence-corrected chi connectivity index (χ0v) is 19.0. The third-order valence-corrected chi connectivity index (χ3v) is 7.43. The van der Waals surface area contributed by atoms with Crippen molar-refractivity contribution in [3.8, 4) is 0 Å². The molecular formula is C24H25N3O5S. The molecule has 1 N–H and O–H groups in total. The molecule has 0 unspecified atom stereocenters. The van der Waals surface area contributed by atoms with Gasteiger partial charge in [-0.3, -0.25) is 10.1 Å². The molecule has 33 heavy (non-hydrogen) atoms. The summed E-state index contributed by atoms with van der Waals surface area (Å²) in [5.74, 6) is -0.180. The molecule has 4 rings (SSSR count). The second kappa shape index (κ2) is 9.60. The monoisotopic (exact) mass is 467 g/mol. The predicted octanol–water partition coefficient (Wildman–Crippen LogP) is 3.55. The topological polar surface area (TPSA) is 96.0 Å². The van der Waals surface area contributed by atoms with E-state index in [4.69, 9.17) is 4.74 Å². The van der Waals surface area contributed by atoms with Crippen molar-refractivity contribution in [1.82, 2.24) is 9.21 Å². The van der Waals surface area contributed by atoms with E-state index in [2.05, 4.69) is 5.32 Å². The minimum atomic E-state index is -3.65. The van der Waals surface area contributed by atoms with Gasteiger partial charge >= 0.3 is 6.09 Å². The number of rotatable bonds is 5. The molecule has 1 heterocycles. The summed E-state index contributed by atoms with van der Waals surface area (Å²) in [7, 11) is -3.65. The Bertz CT molecular complexity index is 1270. The summed E-state index contributed by atoms with van der Waals surface area (Å²) in [6.45, 7) is 3.04. The Morgan fingerprint density at radius 2 is 1.58 bits per heavy atom. The van der Waals surface area contributed by atoms with Crippen LogP contribution in [0.5, 0.6) is 0 Å². The van der Waals surface area contributed by atoms with E-state index in [9.17, 15) is 18.0 Å². The van der Waals surface area contributed by atoms with Crippen LogP contribution >= 0.6 is 0 Å². The summed E-state index contributed by atoms with van der Waals surface area (Å²) >= 11 is 0. The number of hydrogen-bond acceptors (Lipinski definition) is 5. The molecule has 0 aromatic heterocycles. The molecule has 0 saturated carbocycles. The van der Waals surface area contributed by atoms with E-state index in [1.54, 1.807) is 48.2 Å². The quantitative estimate of drug-likeness (QED) is 0.619. The first kappa shape index (κ1) is 22.8. The molecule has 0 aliphatic carbocycles. The minimum absolute atomic E-state index is 0.180. The fourth-order valence-corrected chi connectivity index (χ4v) is 5.23. The zero-order chi connectivity index (χ0) is 23.4. The first-order chi connectivity index (χ1) is 15.9. The van der Waals surface area contributed by atoms with Crippen molar-refractivity contribution in [2.24, 2.45) is 0 Å². The molecule has 1 fully saturated rings. The average molecular weight is 468 g/mol. The molecule has 8 nitrogen and oxygen atoms in total. The summed E-state index contributed by atoms with van der Waals surface area (Å²) in [6.07, 6.45) is -0.555. The van der Waals surface area contributed by atoms with Crippen LogP contribution in [0.25, 0.3) is 10.8 Å². The largest absolute Gasteiger partial charge is 0.450 e. The van der Waals surface area contributed by atoms with Gasteiger partial charge in [-0.1, -0.05) is 30.3 Å². The van der Waals surface area contributed by atoms with Crippen molar-refractivity contribution >= 4 is 38.5 Å². The van der Waals surface area contributed by atoms with Gasteiger partial charge in [-0.25, -0.2) is 13.2 Å². The fraction of sp³-hybridized carbons (Fsp3) is 0.250. The Morgan fingerprint density at radius 3 is 2.24 bits per heavy atom. The van der Waals surface area contributed by atoms with Crippen molar-refractivity contribution in [2.45, 2.75) is 11.8 Å². The molecule has 1 saturated heterocycles. The van der Waals surface area contributed by atoms with Gasteiger partial charge in [0.25, 0.3) is 5.91 Å². The van der Waals surface area contributed by atoms with Gasteiger partial charge in [0.2, 0.25) is 10.0 Å². The molecule has 1 aliphatic rings. The van der Waals surface area contributed by atoms with Crippen LogP contribution in [0.4, 0.5) is 10.5 Å². The zero-order valence-electron chi connectivity index (χ0n) is 18.2. The highest BCUT2D eigenvalue weighted by atomic mass is 32.2. The molecule has 0 bridgehead atoms. The second-order valence-corrected chi connectivity index (χ2v) is 9.57. The number of amides is 2. The average Bonchev–Trinajstić information content (AvgIpc) is 2.84. The maximum atomic E-state index is 13.1. The molecule has 0 radical (unpaired) electrons. The van der Waals surface area contributed by atoms with E-state index < -0.39 is 16.1 Å². The van der Waals surface area contributed by atoms with Gasteiger partial charge in [-0.2, -0.15) is 4.31 Å². The lowest BCUT2D eigenvalue weighted by atomic mass is 10.1. The first-order valence-electron chi connectivity index (χ1n) is 10.7. The van der Waals surface area contributed by atoms with Crippen LogP contribution in [0, 0.1) is 0 Å². The van der Waals surface area contributed by atoms with Crippen LogP contribution in [0.2, 0.25) is 0 Å². The van der Waals surface area contributed by atoms with Gasteiger partial charge in [-0.05, 0) is 54.1 Å². The van der Waals surface area contributed by atoms with E-state index in [0.29, 0.717) is 24.3 Å². The SMILES string of the molecule is CCOC(=O)Nc1ccc(C(=O)N2CCN(S(=O)(=O)c3ccc4ccccc4c3)CC2)cc1. The first-order valence-corrected chi connectivity index (χ1v) is 12.1. The molecule has 9 heteroatoms. The maximum absolute atomic E-state index is 13.1. The van der Waals surface area contributed by atoms with Crippen molar-refractivity contribution < 1.29 is 22.7 Å². The van der Waals surface area contributed by atoms with Gasteiger partial charge in [0.15, 0.2) is 0 Å². The summed E-state index contributed by atoms with van der Waals surface area (Å²) in [4.78, 5) is 26.2. The number of nitrogens with one attached hydrogen (secondary N) is 1. The van der Waals surface area contributed by atoms with Gasteiger partial charge in [0, 0.05) is 37.4 Å². The second-order valence-electron chi connectivity index (χ2n) is 7.63. The number of carbonyl (C=O) groups excluding carboxylic acids is 2. The maximum Gasteiger partial charge on any atom is 0.411 e. The lowest BCUT2D eigenvalue weighted by Gasteiger charge is -2.34. The van der Waals surface area contributed by atoms with Crippen LogP contribution in [0.3, 0.4) is 0 Å². The molecule has 2 amide bonds. The van der Waals surface area contributed by atoms with Gasteiger partial charge in [0.1, 0.15) is 0 Å². The van der Waals surface area contributed by atoms with Crippen molar-refractivity contribution in [3.63, 3.8) is 0 Å².